The second-order valence-electron chi connectivity index (χ2n) is 1.95. The smallest absolute Gasteiger partial charge is 1.00 e. The molecule has 0 saturated heterocycles. The topological polar surface area (TPSA) is 0 Å². The van der Waals surface area contributed by atoms with E-state index in [1.807, 2.05) is 0 Å². The molecule has 0 radical (unpaired) electrons. The van der Waals surface area contributed by atoms with Crippen LogP contribution in [0.15, 0.2) is 5.80 Å². The van der Waals surface area contributed by atoms with Crippen LogP contribution in [-0.4, -0.2) is 0 Å². The van der Waals surface area contributed by atoms with Crippen molar-refractivity contribution in [1.82, 2.24) is 0 Å². The van der Waals surface area contributed by atoms with Crippen molar-refractivity contribution in [2.24, 2.45) is 0 Å². The summed E-state index contributed by atoms with van der Waals surface area (Å²) in [6.45, 7) is 4.44. The molecule has 0 N–H and O–H groups in total. The van der Waals surface area contributed by atoms with Gasteiger partial charge in [0.05, 0.1) is 0 Å². The molecule has 1 rings (SSSR count). The van der Waals surface area contributed by atoms with Gasteiger partial charge in [-0.25, -0.2) is 0 Å². The Balaban J connectivity index is 0. The molecule has 1 atom stereocenters. The fourth-order valence-electron chi connectivity index (χ4n) is 0.599. The van der Waals surface area contributed by atoms with Crippen molar-refractivity contribution in [3.05, 3.63) is 16.7 Å². The summed E-state index contributed by atoms with van der Waals surface area (Å²) >= 11 is 1.57. The summed E-state index contributed by atoms with van der Waals surface area (Å²) in [6.07, 6.45) is 0. The van der Waals surface area contributed by atoms with E-state index in [4.69, 9.17) is 0 Å². The van der Waals surface area contributed by atoms with Crippen molar-refractivity contribution < 1.29 is 49.5 Å². The van der Waals surface area contributed by atoms with Crippen LogP contribution in [0, 0.1) is 13.8 Å². The van der Waals surface area contributed by atoms with Crippen LogP contribution in [0.1, 0.15) is 10.9 Å². The van der Waals surface area contributed by atoms with Gasteiger partial charge in [0.2, 0.25) is 0 Å². The number of aryl methyl sites for hydroxylation is 1. The van der Waals surface area contributed by atoms with E-state index >= 15 is 0 Å². The second kappa shape index (κ2) is 5.84. The third-order valence-corrected chi connectivity index (χ3v) is 4.63. The largest absolute Gasteiger partial charge is 1.00 e. The Morgan fingerprint density at radius 1 is 1.30 bits per heavy atom. The second-order valence-corrected chi connectivity index (χ2v) is 4.60. The zero-order chi connectivity index (χ0) is 6.15. The molecule has 0 bridgehead atoms. The maximum absolute atomic E-state index is 2.35. The van der Waals surface area contributed by atoms with Crippen LogP contribution in [0.5, 0.6) is 0 Å². The minimum absolute atomic E-state index is 0. The molecule has 1 aromatic heterocycles. The molecule has 1 unspecified atom stereocenters. The molecule has 1 aromatic rings. The van der Waals surface area contributed by atoms with Crippen LogP contribution in [-0.2, 0) is 24.7 Å². The van der Waals surface area contributed by atoms with Crippen LogP contribution in [0.3, 0.4) is 0 Å². The van der Waals surface area contributed by atoms with Gasteiger partial charge in [-0.3, -0.25) is 0 Å². The number of hydrogen-bond acceptors (Lipinski definition) is 0. The molecule has 0 amide bonds. The quantitative estimate of drug-likeness (QED) is 0.447. The van der Waals surface area contributed by atoms with Gasteiger partial charge in [-0.05, 0) is 0 Å². The van der Waals surface area contributed by atoms with E-state index < -0.39 is 0 Å². The summed E-state index contributed by atoms with van der Waals surface area (Å²) in [5.74, 6) is 2.35. The summed E-state index contributed by atoms with van der Waals surface area (Å²) < 4.78 is 1.56. The van der Waals surface area contributed by atoms with E-state index in [9.17, 15) is 0 Å². The van der Waals surface area contributed by atoms with E-state index in [1.165, 1.54) is 0 Å². The molecule has 0 aliphatic heterocycles. The van der Waals surface area contributed by atoms with Crippen molar-refractivity contribution in [2.45, 2.75) is 13.8 Å². The zero-order valence-corrected chi connectivity index (χ0v) is 10.8. The van der Waals surface area contributed by atoms with Gasteiger partial charge in [0.15, 0.2) is 0 Å². The molecule has 55 valence electrons. The predicted octanol–water partition coefficient (Wildman–Crippen LogP) is -4.49. The van der Waals surface area contributed by atoms with Gasteiger partial charge in [0.1, 0.15) is 0 Å². The normalized spacial score (nSPS) is 8.80. The van der Waals surface area contributed by atoms with Crippen LogP contribution in [0.2, 0.25) is 0 Å². The van der Waals surface area contributed by atoms with Crippen molar-refractivity contribution in [3.8, 4) is 0 Å². The molecule has 0 nitrogen and oxygen atoms in total. The third kappa shape index (κ3) is 3.10. The minimum Gasteiger partial charge on any atom is -1.00 e. The van der Waals surface area contributed by atoms with Crippen molar-refractivity contribution >= 4 is 11.5 Å². The summed E-state index contributed by atoms with van der Waals surface area (Å²) in [5, 5.41) is 1.58. The maximum Gasteiger partial charge on any atom is -1.00 e. The average molecular weight is 273 g/mol. The van der Waals surface area contributed by atoms with Crippen LogP contribution >= 0.6 is 8.19 Å². The molecule has 1 heterocycles. The van der Waals surface area contributed by atoms with Gasteiger partial charge < -0.3 is 24.8 Å². The summed E-state index contributed by atoms with van der Waals surface area (Å²) in [6, 6.07) is 0. The van der Waals surface area contributed by atoms with Crippen molar-refractivity contribution in [3.63, 3.8) is 0 Å². The van der Waals surface area contributed by atoms with Crippen molar-refractivity contribution in [2.75, 3.05) is 0 Å². The Kier molecular flexibility index (Phi) is 8.06. The van der Waals surface area contributed by atoms with Gasteiger partial charge in [0.25, 0.3) is 0 Å². The van der Waals surface area contributed by atoms with E-state index in [0.29, 0.717) is 0 Å². The standard InChI is InChI=1S/C6H8P.2ClH.Zr/c1-5-3-4-7-6(5)2;;;/h4,7H,1-2H3;2*1H;/q;;;+2/p-2. The Hall–Kier alpha value is 1.24. The van der Waals surface area contributed by atoms with Crippen LogP contribution in [0.25, 0.3) is 0 Å². The maximum atomic E-state index is 2.35. The molecule has 0 aromatic carbocycles. The Morgan fingerprint density at radius 2 is 1.80 bits per heavy atom. The van der Waals surface area contributed by atoms with Gasteiger partial charge >= 0.3 is 66.7 Å². The summed E-state index contributed by atoms with van der Waals surface area (Å²) in [7, 11) is 0.983. The van der Waals surface area contributed by atoms with Gasteiger partial charge in [-0.2, -0.15) is 0 Å². The Bertz CT molecular complexity index is 178. The van der Waals surface area contributed by atoms with Crippen molar-refractivity contribution in [1.29, 1.82) is 0 Å². The predicted molar refractivity (Wildman–Crippen MR) is 35.1 cm³/mol. The molecule has 0 saturated carbocycles. The van der Waals surface area contributed by atoms with E-state index in [1.54, 1.807) is 38.8 Å². The number of halogens is 2. The zero-order valence-electron chi connectivity index (χ0n) is 5.83. The first-order valence-electron chi connectivity index (χ1n) is 2.58. The molecule has 4 heteroatoms. The SMILES string of the molecule is Cc1[pH]c[c]([Zr+2])c1C.[Cl-].[Cl-]. The molecular weight excluding hydrogens is 265 g/mol. The van der Waals surface area contributed by atoms with E-state index in [2.05, 4.69) is 19.6 Å². The Labute approximate surface area is 90.9 Å². The van der Waals surface area contributed by atoms with E-state index in [0.717, 1.165) is 8.19 Å². The number of rotatable bonds is 0. The first kappa shape index (κ1) is 13.8. The van der Waals surface area contributed by atoms with Crippen LogP contribution in [0.4, 0.5) is 0 Å². The fraction of sp³-hybridized carbons (Fsp3) is 0.333. The van der Waals surface area contributed by atoms with E-state index in [-0.39, 0.29) is 24.8 Å². The van der Waals surface area contributed by atoms with Gasteiger partial charge in [-0.15, -0.1) is 0 Å². The third-order valence-electron chi connectivity index (χ3n) is 1.40. The molecule has 0 spiro atoms. The fourth-order valence-corrected chi connectivity index (χ4v) is 2.83. The monoisotopic (exact) mass is 271 g/mol. The molecule has 10 heavy (non-hydrogen) atoms. The average Bonchev–Trinajstić information content (AvgIpc) is 1.98. The summed E-state index contributed by atoms with van der Waals surface area (Å²) in [5.41, 5.74) is 1.54. The minimum atomic E-state index is 0. The van der Waals surface area contributed by atoms with Crippen LogP contribution < -0.4 is 28.1 Å². The molecule has 0 fully saturated rings. The first-order valence-corrected chi connectivity index (χ1v) is 4.88. The molecular formula is C6H8Cl2PZr. The molecule has 0 aliphatic rings. The Morgan fingerprint density at radius 3 is 1.90 bits per heavy atom. The van der Waals surface area contributed by atoms with Gasteiger partial charge in [-0.1, -0.05) is 0 Å². The summed E-state index contributed by atoms with van der Waals surface area (Å²) in [4.78, 5) is 0. The number of hydrogen-bond donors (Lipinski definition) is 0. The van der Waals surface area contributed by atoms with Gasteiger partial charge in [0, 0.05) is 0 Å². The first-order chi connectivity index (χ1) is 3.72. The molecule has 0 aliphatic carbocycles.